The van der Waals surface area contributed by atoms with Crippen LogP contribution in [0.25, 0.3) is 0 Å². The third-order valence-electron chi connectivity index (χ3n) is 2.04. The molecule has 1 aliphatic rings. The van der Waals surface area contributed by atoms with Crippen LogP contribution in [0.15, 0.2) is 42.5 Å². The molecule has 0 saturated heterocycles. The molecule has 0 radical (unpaired) electrons. The lowest BCUT2D eigenvalue weighted by atomic mass is 10.4. The first-order chi connectivity index (χ1) is 6.31. The first-order valence-corrected chi connectivity index (χ1v) is 6.06. The Hall–Kier alpha value is -0.850. The van der Waals surface area contributed by atoms with E-state index < -0.39 is 7.37 Å². The summed E-state index contributed by atoms with van der Waals surface area (Å²) in [5.74, 6) is 0. The van der Waals surface area contributed by atoms with Gasteiger partial charge in [-0.05, 0) is 12.1 Å². The molecule has 0 N–H and O–H groups in total. The molecule has 1 aromatic rings. The van der Waals surface area contributed by atoms with Crippen molar-refractivity contribution < 1.29 is 9.09 Å². The Balaban J connectivity index is 2.35. The molecular weight excluding hydrogens is 183 g/mol. The fourth-order valence-corrected chi connectivity index (χ4v) is 3.18. The second kappa shape index (κ2) is 3.49. The van der Waals surface area contributed by atoms with Crippen LogP contribution in [0.4, 0.5) is 0 Å². The van der Waals surface area contributed by atoms with Gasteiger partial charge in [-0.2, -0.15) is 0 Å². The van der Waals surface area contributed by atoms with E-state index in [9.17, 15) is 4.57 Å². The maximum atomic E-state index is 12.2. The molecule has 1 aromatic carbocycles. The van der Waals surface area contributed by atoms with Crippen LogP contribution in [0, 0.1) is 0 Å². The Labute approximate surface area is 77.7 Å². The predicted molar refractivity (Wildman–Crippen MR) is 53.6 cm³/mol. The third kappa shape index (κ3) is 1.74. The lowest BCUT2D eigenvalue weighted by molar-refractivity contribution is 0.357. The molecule has 2 nitrogen and oxygen atoms in total. The van der Waals surface area contributed by atoms with Crippen molar-refractivity contribution in [2.75, 3.05) is 12.8 Å². The second-order valence-corrected chi connectivity index (χ2v) is 5.45. The van der Waals surface area contributed by atoms with Gasteiger partial charge in [0.1, 0.15) is 0 Å². The quantitative estimate of drug-likeness (QED) is 0.506. The minimum absolute atomic E-state index is 0.464. The number of allylic oxidation sites excluding steroid dienone is 1. The zero-order chi connectivity index (χ0) is 9.15. The lowest BCUT2D eigenvalue weighted by Gasteiger charge is -2.19. The summed E-state index contributed by atoms with van der Waals surface area (Å²) in [5, 5.41) is 0.819. The van der Waals surface area contributed by atoms with Crippen LogP contribution in [0.5, 0.6) is 0 Å². The summed E-state index contributed by atoms with van der Waals surface area (Å²) in [6.07, 6.45) is 4.35. The van der Waals surface area contributed by atoms with Crippen molar-refractivity contribution >= 4 is 12.7 Å². The molecule has 68 valence electrons. The normalized spacial score (nSPS) is 27.4. The number of benzene rings is 1. The highest BCUT2D eigenvalue weighted by Crippen LogP contribution is 2.47. The Morgan fingerprint density at radius 1 is 1.15 bits per heavy atom. The predicted octanol–water partition coefficient (Wildman–Crippen LogP) is 2.18. The SMILES string of the molecule is O=P1(c2ccccc2)CC=CCO1. The van der Waals surface area contributed by atoms with Crippen molar-refractivity contribution in [3.05, 3.63) is 42.5 Å². The van der Waals surface area contributed by atoms with Crippen LogP contribution < -0.4 is 5.30 Å². The van der Waals surface area contributed by atoms with E-state index in [1.165, 1.54) is 0 Å². The zero-order valence-electron chi connectivity index (χ0n) is 7.22. The monoisotopic (exact) mass is 194 g/mol. The molecule has 0 amide bonds. The summed E-state index contributed by atoms with van der Waals surface area (Å²) >= 11 is 0. The molecule has 0 bridgehead atoms. The fourth-order valence-electron chi connectivity index (χ4n) is 1.33. The Bertz CT molecular complexity index is 356. The molecule has 0 fully saturated rings. The standard InChI is InChI=1S/C10H11O2P/c11-13(9-5-4-8-12-13)10-6-2-1-3-7-10/h1-7H,8-9H2. The van der Waals surface area contributed by atoms with Gasteiger partial charge in [0.05, 0.1) is 6.61 Å². The molecule has 1 aliphatic heterocycles. The van der Waals surface area contributed by atoms with E-state index in [-0.39, 0.29) is 0 Å². The van der Waals surface area contributed by atoms with Gasteiger partial charge >= 0.3 is 0 Å². The average Bonchev–Trinajstić information content (AvgIpc) is 2.20. The summed E-state index contributed by atoms with van der Waals surface area (Å²) in [6.45, 7) is 0.464. The number of rotatable bonds is 1. The second-order valence-electron chi connectivity index (χ2n) is 2.96. The smallest absolute Gasteiger partial charge is 0.236 e. The van der Waals surface area contributed by atoms with Gasteiger partial charge in [0.15, 0.2) is 0 Å². The molecule has 1 atom stereocenters. The summed E-state index contributed by atoms with van der Waals surface area (Å²) < 4.78 is 17.5. The van der Waals surface area contributed by atoms with Gasteiger partial charge < -0.3 is 4.52 Å². The van der Waals surface area contributed by atoms with E-state index >= 15 is 0 Å². The molecule has 0 aliphatic carbocycles. The molecular formula is C10H11O2P. The van der Waals surface area contributed by atoms with E-state index in [1.807, 2.05) is 42.5 Å². The molecule has 0 aromatic heterocycles. The van der Waals surface area contributed by atoms with E-state index in [4.69, 9.17) is 4.52 Å². The van der Waals surface area contributed by atoms with Crippen LogP contribution in [0.1, 0.15) is 0 Å². The van der Waals surface area contributed by atoms with Gasteiger partial charge in [-0.3, -0.25) is 4.57 Å². The molecule has 3 heteroatoms. The average molecular weight is 194 g/mol. The minimum Gasteiger partial charge on any atom is -0.321 e. The summed E-state index contributed by atoms with van der Waals surface area (Å²) in [7, 11) is -2.55. The minimum atomic E-state index is -2.55. The van der Waals surface area contributed by atoms with Crippen LogP contribution in [0.3, 0.4) is 0 Å². The van der Waals surface area contributed by atoms with Crippen LogP contribution in [-0.4, -0.2) is 12.8 Å². The topological polar surface area (TPSA) is 26.3 Å². The molecule has 0 spiro atoms. The summed E-state index contributed by atoms with van der Waals surface area (Å²) in [4.78, 5) is 0. The highest BCUT2D eigenvalue weighted by atomic mass is 31.2. The highest BCUT2D eigenvalue weighted by molar-refractivity contribution is 7.67. The van der Waals surface area contributed by atoms with Crippen LogP contribution in [-0.2, 0) is 9.09 Å². The fraction of sp³-hybridized carbons (Fsp3) is 0.200. The summed E-state index contributed by atoms with van der Waals surface area (Å²) in [5.41, 5.74) is 0. The molecule has 2 rings (SSSR count). The first kappa shape index (κ1) is 8.74. The molecule has 0 saturated carbocycles. The first-order valence-electron chi connectivity index (χ1n) is 4.25. The maximum Gasteiger partial charge on any atom is 0.236 e. The van der Waals surface area contributed by atoms with Gasteiger partial charge in [0.25, 0.3) is 0 Å². The van der Waals surface area contributed by atoms with Crippen LogP contribution in [0.2, 0.25) is 0 Å². The van der Waals surface area contributed by atoms with Gasteiger partial charge in [0, 0.05) is 11.5 Å². The zero-order valence-corrected chi connectivity index (χ0v) is 8.11. The molecule has 1 unspecified atom stereocenters. The highest BCUT2D eigenvalue weighted by Gasteiger charge is 2.25. The van der Waals surface area contributed by atoms with E-state index in [1.54, 1.807) is 0 Å². The van der Waals surface area contributed by atoms with Crippen molar-refractivity contribution in [2.45, 2.75) is 0 Å². The van der Waals surface area contributed by atoms with E-state index in [0.29, 0.717) is 12.8 Å². The van der Waals surface area contributed by atoms with Gasteiger partial charge in [-0.1, -0.05) is 30.4 Å². The Kier molecular flexibility index (Phi) is 2.34. The number of hydrogen-bond donors (Lipinski definition) is 0. The largest absolute Gasteiger partial charge is 0.321 e. The maximum absolute atomic E-state index is 12.2. The lowest BCUT2D eigenvalue weighted by Crippen LogP contribution is -2.12. The number of hydrogen-bond acceptors (Lipinski definition) is 2. The van der Waals surface area contributed by atoms with Gasteiger partial charge in [-0.25, -0.2) is 0 Å². The van der Waals surface area contributed by atoms with Crippen molar-refractivity contribution in [2.24, 2.45) is 0 Å². The molecule has 13 heavy (non-hydrogen) atoms. The van der Waals surface area contributed by atoms with Gasteiger partial charge in [-0.15, -0.1) is 0 Å². The van der Waals surface area contributed by atoms with Gasteiger partial charge in [0.2, 0.25) is 7.37 Å². The summed E-state index contributed by atoms with van der Waals surface area (Å²) in [6, 6.07) is 9.41. The Morgan fingerprint density at radius 3 is 2.54 bits per heavy atom. The molecule has 1 heterocycles. The van der Waals surface area contributed by atoms with Crippen molar-refractivity contribution in [1.29, 1.82) is 0 Å². The van der Waals surface area contributed by atoms with Crippen molar-refractivity contribution in [3.8, 4) is 0 Å². The Morgan fingerprint density at radius 2 is 1.92 bits per heavy atom. The van der Waals surface area contributed by atoms with Crippen LogP contribution >= 0.6 is 7.37 Å². The van der Waals surface area contributed by atoms with E-state index in [0.717, 1.165) is 5.30 Å². The van der Waals surface area contributed by atoms with Crippen molar-refractivity contribution in [1.82, 2.24) is 0 Å². The van der Waals surface area contributed by atoms with Crippen molar-refractivity contribution in [3.63, 3.8) is 0 Å². The van der Waals surface area contributed by atoms with E-state index in [2.05, 4.69) is 0 Å². The third-order valence-corrected chi connectivity index (χ3v) is 4.38.